The fourth-order valence-electron chi connectivity index (χ4n) is 3.17. The van der Waals surface area contributed by atoms with E-state index in [4.69, 9.17) is 18.9 Å². The van der Waals surface area contributed by atoms with Crippen LogP contribution in [-0.2, 0) is 0 Å². The number of fused-ring (bicyclic) bond motifs is 2. The number of methoxy groups -OCH3 is 1. The van der Waals surface area contributed by atoms with Crippen LogP contribution >= 0.6 is 0 Å². The van der Waals surface area contributed by atoms with E-state index >= 15 is 0 Å². The number of carbonyl (C=O) groups is 1. The second-order valence-electron chi connectivity index (χ2n) is 5.69. The molecule has 2 aliphatic rings. The van der Waals surface area contributed by atoms with Crippen LogP contribution in [-0.4, -0.2) is 20.2 Å². The average Bonchev–Trinajstić information content (AvgIpc) is 3.17. The molecule has 0 bridgehead atoms. The van der Waals surface area contributed by atoms with E-state index in [1.807, 2.05) is 24.3 Å². The molecule has 2 aliphatic heterocycles. The summed E-state index contributed by atoms with van der Waals surface area (Å²) in [6.07, 6.45) is 0.672. The van der Waals surface area contributed by atoms with Gasteiger partial charge in [-0.1, -0.05) is 13.0 Å². The van der Waals surface area contributed by atoms with Gasteiger partial charge in [-0.15, -0.1) is 0 Å². The molecule has 2 aromatic carbocycles. The zero-order chi connectivity index (χ0) is 16.0. The van der Waals surface area contributed by atoms with Gasteiger partial charge in [-0.05, 0) is 23.8 Å². The Labute approximate surface area is 133 Å². The number of hydrogen-bond donors (Lipinski definition) is 0. The highest BCUT2D eigenvalue weighted by Crippen LogP contribution is 2.49. The van der Waals surface area contributed by atoms with Gasteiger partial charge < -0.3 is 18.9 Å². The van der Waals surface area contributed by atoms with Crippen LogP contribution in [0.15, 0.2) is 30.3 Å². The van der Waals surface area contributed by atoms with E-state index < -0.39 is 0 Å². The molecule has 5 heteroatoms. The Bertz CT molecular complexity index is 783. The quantitative estimate of drug-likeness (QED) is 0.812. The lowest BCUT2D eigenvalue weighted by atomic mass is 9.92. The summed E-state index contributed by atoms with van der Waals surface area (Å²) in [5.74, 6) is 2.89. The lowest BCUT2D eigenvalue weighted by Gasteiger charge is -2.16. The first kappa shape index (κ1) is 13.9. The molecule has 0 spiro atoms. The van der Waals surface area contributed by atoms with Crippen molar-refractivity contribution in [1.29, 1.82) is 0 Å². The van der Waals surface area contributed by atoms with Gasteiger partial charge in [0.1, 0.15) is 17.6 Å². The Morgan fingerprint density at radius 2 is 1.96 bits per heavy atom. The summed E-state index contributed by atoms with van der Waals surface area (Å²) in [5.41, 5.74) is 2.56. The van der Waals surface area contributed by atoms with Crippen LogP contribution in [0.2, 0.25) is 0 Å². The van der Waals surface area contributed by atoms with Gasteiger partial charge in [-0.2, -0.15) is 0 Å². The van der Waals surface area contributed by atoms with Gasteiger partial charge in [0, 0.05) is 17.5 Å². The van der Waals surface area contributed by atoms with E-state index in [9.17, 15) is 4.79 Å². The van der Waals surface area contributed by atoms with Crippen molar-refractivity contribution >= 4 is 6.29 Å². The molecule has 2 atom stereocenters. The standard InChI is InChI=1S/C18H16O5/c1-10-13-5-12(8-19)15(20-2)7-16(13)23-18(10)11-3-4-14-17(6-11)22-9-21-14/h3-8,10,18H,9H2,1-2H3/t10-,18-/m0/s1. The van der Waals surface area contributed by atoms with Crippen molar-refractivity contribution in [1.82, 2.24) is 0 Å². The molecular formula is C18H16O5. The Kier molecular flexibility index (Phi) is 3.15. The minimum absolute atomic E-state index is 0.120. The molecule has 5 nitrogen and oxygen atoms in total. The smallest absolute Gasteiger partial charge is 0.231 e. The predicted molar refractivity (Wildman–Crippen MR) is 82.7 cm³/mol. The number of rotatable bonds is 3. The SMILES string of the molecule is COc1cc2c(cc1C=O)[C@H](C)[C@@H](c1ccc3c(c1)OCO3)O2. The number of carbonyl (C=O) groups excluding carboxylic acids is 1. The monoisotopic (exact) mass is 312 g/mol. The second-order valence-corrected chi connectivity index (χ2v) is 5.69. The maximum atomic E-state index is 11.2. The molecule has 118 valence electrons. The summed E-state index contributed by atoms with van der Waals surface area (Å²) in [7, 11) is 1.54. The first-order chi connectivity index (χ1) is 11.2. The number of benzene rings is 2. The van der Waals surface area contributed by atoms with E-state index in [1.165, 1.54) is 0 Å². The van der Waals surface area contributed by atoms with Gasteiger partial charge in [-0.3, -0.25) is 4.79 Å². The topological polar surface area (TPSA) is 54.0 Å². The molecule has 0 fully saturated rings. The van der Waals surface area contributed by atoms with Gasteiger partial charge in [0.25, 0.3) is 0 Å². The molecule has 0 saturated carbocycles. The Morgan fingerprint density at radius 1 is 1.13 bits per heavy atom. The highest BCUT2D eigenvalue weighted by molar-refractivity contribution is 5.81. The van der Waals surface area contributed by atoms with Crippen molar-refractivity contribution in [2.75, 3.05) is 13.9 Å². The maximum absolute atomic E-state index is 11.2. The second kappa shape index (κ2) is 5.19. The van der Waals surface area contributed by atoms with E-state index in [0.717, 1.165) is 34.7 Å². The van der Waals surface area contributed by atoms with Gasteiger partial charge in [0.2, 0.25) is 6.79 Å². The van der Waals surface area contributed by atoms with Crippen molar-refractivity contribution in [3.05, 3.63) is 47.0 Å². The summed E-state index contributed by atoms with van der Waals surface area (Å²) in [6, 6.07) is 9.46. The van der Waals surface area contributed by atoms with E-state index in [2.05, 4.69) is 6.92 Å². The fraction of sp³-hybridized carbons (Fsp3) is 0.278. The Balaban J connectivity index is 1.71. The van der Waals surface area contributed by atoms with Crippen molar-refractivity contribution in [3.63, 3.8) is 0 Å². The molecule has 0 saturated heterocycles. The van der Waals surface area contributed by atoms with Crippen LogP contribution in [0.5, 0.6) is 23.0 Å². The van der Waals surface area contributed by atoms with Crippen LogP contribution < -0.4 is 18.9 Å². The van der Waals surface area contributed by atoms with Gasteiger partial charge >= 0.3 is 0 Å². The first-order valence-electron chi connectivity index (χ1n) is 7.44. The van der Waals surface area contributed by atoms with Crippen LogP contribution in [0.3, 0.4) is 0 Å². The molecule has 4 rings (SSSR count). The largest absolute Gasteiger partial charge is 0.496 e. The lowest BCUT2D eigenvalue weighted by Crippen LogP contribution is -2.07. The fourth-order valence-corrected chi connectivity index (χ4v) is 3.17. The molecule has 0 aromatic heterocycles. The van der Waals surface area contributed by atoms with Crippen LogP contribution in [0.4, 0.5) is 0 Å². The molecule has 23 heavy (non-hydrogen) atoms. The molecule has 0 aliphatic carbocycles. The van der Waals surface area contributed by atoms with Crippen molar-refractivity contribution in [3.8, 4) is 23.0 Å². The Hall–Kier alpha value is -2.69. The van der Waals surface area contributed by atoms with Gasteiger partial charge in [0.15, 0.2) is 17.8 Å². The normalized spacial score (nSPS) is 20.8. The summed E-state index contributed by atoms with van der Waals surface area (Å²) >= 11 is 0. The molecular weight excluding hydrogens is 296 g/mol. The zero-order valence-corrected chi connectivity index (χ0v) is 12.9. The van der Waals surface area contributed by atoms with Crippen LogP contribution in [0.25, 0.3) is 0 Å². The summed E-state index contributed by atoms with van der Waals surface area (Å²) in [5, 5.41) is 0. The van der Waals surface area contributed by atoms with Gasteiger partial charge in [-0.25, -0.2) is 0 Å². The molecule has 0 radical (unpaired) electrons. The number of ether oxygens (including phenoxy) is 4. The first-order valence-corrected chi connectivity index (χ1v) is 7.44. The van der Waals surface area contributed by atoms with Crippen LogP contribution in [0.1, 0.15) is 40.4 Å². The molecule has 0 unspecified atom stereocenters. The predicted octanol–water partition coefficient (Wildman–Crippen LogP) is 3.47. The third-order valence-corrected chi connectivity index (χ3v) is 4.41. The third kappa shape index (κ3) is 2.11. The minimum Gasteiger partial charge on any atom is -0.496 e. The van der Waals surface area contributed by atoms with E-state index in [-0.39, 0.29) is 18.8 Å². The van der Waals surface area contributed by atoms with E-state index in [1.54, 1.807) is 13.2 Å². The van der Waals surface area contributed by atoms with Crippen molar-refractivity contribution in [2.24, 2.45) is 0 Å². The number of aldehydes is 1. The Morgan fingerprint density at radius 3 is 2.74 bits per heavy atom. The molecule has 0 amide bonds. The minimum atomic E-state index is -0.133. The van der Waals surface area contributed by atoms with E-state index in [0.29, 0.717) is 11.3 Å². The van der Waals surface area contributed by atoms with Crippen molar-refractivity contribution in [2.45, 2.75) is 18.9 Å². The summed E-state index contributed by atoms with van der Waals surface area (Å²) < 4.78 is 22.2. The molecule has 2 aromatic rings. The van der Waals surface area contributed by atoms with Gasteiger partial charge in [0.05, 0.1) is 12.7 Å². The summed E-state index contributed by atoms with van der Waals surface area (Å²) in [4.78, 5) is 11.2. The number of hydrogen-bond acceptors (Lipinski definition) is 5. The zero-order valence-electron chi connectivity index (χ0n) is 12.9. The lowest BCUT2D eigenvalue weighted by molar-refractivity contribution is 0.112. The summed E-state index contributed by atoms with van der Waals surface area (Å²) in [6.45, 7) is 2.34. The highest BCUT2D eigenvalue weighted by atomic mass is 16.7. The molecule has 0 N–H and O–H groups in total. The van der Waals surface area contributed by atoms with Crippen LogP contribution in [0, 0.1) is 0 Å². The molecule has 2 heterocycles. The third-order valence-electron chi connectivity index (χ3n) is 4.41. The maximum Gasteiger partial charge on any atom is 0.231 e. The average molecular weight is 312 g/mol. The van der Waals surface area contributed by atoms with Crippen molar-refractivity contribution < 1.29 is 23.7 Å². The highest BCUT2D eigenvalue weighted by Gasteiger charge is 2.34.